The number of hydrogen-bond acceptors (Lipinski definition) is 6. The summed E-state index contributed by atoms with van der Waals surface area (Å²) < 4.78 is 5.24. The summed E-state index contributed by atoms with van der Waals surface area (Å²) in [7, 11) is 1.62. The standard InChI is InChI=1S/C21H17N3O2S/c1-14(25)15-5-3-7-18(9-15)23-12-17(11-22)21-24-20(13-27-21)16-6-4-8-19(10-16)26-2/h3-10,12-13,23H,1-2H3/b17-12-. The molecule has 0 radical (unpaired) electrons. The number of anilines is 1. The Labute approximate surface area is 161 Å². The van der Waals surface area contributed by atoms with Crippen LogP contribution in [0.5, 0.6) is 5.75 Å². The number of carbonyl (C=O) groups excluding carboxylic acids is 1. The number of methoxy groups -OCH3 is 1. The van der Waals surface area contributed by atoms with Crippen molar-refractivity contribution in [2.75, 3.05) is 12.4 Å². The second-order valence-electron chi connectivity index (χ2n) is 5.72. The van der Waals surface area contributed by atoms with E-state index in [-0.39, 0.29) is 5.78 Å². The van der Waals surface area contributed by atoms with Gasteiger partial charge in [0.1, 0.15) is 22.4 Å². The predicted octanol–water partition coefficient (Wildman–Crippen LogP) is 5.00. The van der Waals surface area contributed by atoms with Crippen LogP contribution in [-0.2, 0) is 0 Å². The average molecular weight is 375 g/mol. The van der Waals surface area contributed by atoms with Gasteiger partial charge in [-0.05, 0) is 31.2 Å². The van der Waals surface area contributed by atoms with Gasteiger partial charge in [0.15, 0.2) is 5.78 Å². The lowest BCUT2D eigenvalue weighted by atomic mass is 10.1. The number of rotatable bonds is 6. The Bertz CT molecular complexity index is 1050. The van der Waals surface area contributed by atoms with E-state index in [0.717, 1.165) is 22.7 Å². The number of aromatic nitrogens is 1. The molecule has 1 heterocycles. The van der Waals surface area contributed by atoms with Crippen molar-refractivity contribution in [3.8, 4) is 23.1 Å². The maximum absolute atomic E-state index is 11.5. The van der Waals surface area contributed by atoms with E-state index in [1.807, 2.05) is 35.7 Å². The second kappa shape index (κ2) is 8.30. The third kappa shape index (κ3) is 4.40. The molecule has 0 atom stereocenters. The molecule has 0 spiro atoms. The average Bonchev–Trinajstić information content (AvgIpc) is 3.19. The summed E-state index contributed by atoms with van der Waals surface area (Å²) in [5.41, 5.74) is 3.48. The fourth-order valence-corrected chi connectivity index (χ4v) is 3.23. The number of ether oxygens (including phenoxy) is 1. The highest BCUT2D eigenvalue weighted by atomic mass is 32.1. The third-order valence-electron chi connectivity index (χ3n) is 3.87. The molecule has 0 saturated carbocycles. The number of allylic oxidation sites excluding steroid dienone is 1. The molecule has 2 aromatic carbocycles. The first-order valence-corrected chi connectivity index (χ1v) is 9.07. The smallest absolute Gasteiger partial charge is 0.159 e. The van der Waals surface area contributed by atoms with E-state index in [4.69, 9.17) is 4.74 Å². The molecule has 0 saturated heterocycles. The number of nitriles is 1. The number of hydrogen-bond donors (Lipinski definition) is 1. The first-order chi connectivity index (χ1) is 13.1. The number of carbonyl (C=O) groups is 1. The Kier molecular flexibility index (Phi) is 5.64. The Hall–Kier alpha value is -3.43. The van der Waals surface area contributed by atoms with Gasteiger partial charge >= 0.3 is 0 Å². The summed E-state index contributed by atoms with van der Waals surface area (Å²) >= 11 is 1.40. The summed E-state index contributed by atoms with van der Waals surface area (Å²) in [4.78, 5) is 16.0. The SMILES string of the molecule is COc1cccc(-c2csc(/C(C#N)=C\Nc3cccc(C(C)=O)c3)n2)c1. The van der Waals surface area contributed by atoms with Gasteiger partial charge in [0.2, 0.25) is 0 Å². The second-order valence-corrected chi connectivity index (χ2v) is 6.58. The van der Waals surface area contributed by atoms with E-state index in [2.05, 4.69) is 16.4 Å². The van der Waals surface area contributed by atoms with E-state index in [1.165, 1.54) is 18.3 Å². The van der Waals surface area contributed by atoms with Crippen LogP contribution >= 0.6 is 11.3 Å². The van der Waals surface area contributed by atoms with Crippen LogP contribution in [0.25, 0.3) is 16.8 Å². The van der Waals surface area contributed by atoms with Gasteiger partial charge in [-0.2, -0.15) is 5.26 Å². The molecular weight excluding hydrogens is 358 g/mol. The van der Waals surface area contributed by atoms with Crippen molar-refractivity contribution in [1.82, 2.24) is 4.98 Å². The van der Waals surface area contributed by atoms with E-state index in [1.54, 1.807) is 31.5 Å². The molecule has 6 heteroatoms. The number of benzene rings is 2. The fourth-order valence-electron chi connectivity index (χ4n) is 2.44. The first-order valence-electron chi connectivity index (χ1n) is 8.19. The predicted molar refractivity (Wildman–Crippen MR) is 108 cm³/mol. The molecule has 0 aliphatic rings. The van der Waals surface area contributed by atoms with Crippen molar-refractivity contribution in [3.05, 3.63) is 70.7 Å². The zero-order valence-corrected chi connectivity index (χ0v) is 15.7. The zero-order chi connectivity index (χ0) is 19.2. The molecule has 1 N–H and O–H groups in total. The van der Waals surface area contributed by atoms with Crippen molar-refractivity contribution in [2.45, 2.75) is 6.92 Å². The highest BCUT2D eigenvalue weighted by molar-refractivity contribution is 7.11. The lowest BCUT2D eigenvalue weighted by Gasteiger charge is -2.03. The van der Waals surface area contributed by atoms with Crippen LogP contribution in [0.1, 0.15) is 22.3 Å². The third-order valence-corrected chi connectivity index (χ3v) is 4.75. The lowest BCUT2D eigenvalue weighted by Crippen LogP contribution is -1.95. The normalized spacial score (nSPS) is 10.9. The van der Waals surface area contributed by atoms with Crippen LogP contribution in [0.15, 0.2) is 60.1 Å². The highest BCUT2D eigenvalue weighted by Gasteiger charge is 2.10. The van der Waals surface area contributed by atoms with Gasteiger partial charge in [0.05, 0.1) is 12.8 Å². The van der Waals surface area contributed by atoms with Crippen molar-refractivity contribution < 1.29 is 9.53 Å². The van der Waals surface area contributed by atoms with E-state index < -0.39 is 0 Å². The number of nitrogens with zero attached hydrogens (tertiary/aromatic N) is 2. The quantitative estimate of drug-likeness (QED) is 0.485. The minimum atomic E-state index is -0.00834. The van der Waals surface area contributed by atoms with E-state index in [0.29, 0.717) is 16.1 Å². The summed E-state index contributed by atoms with van der Waals surface area (Å²) in [6, 6.07) is 16.9. The molecule has 0 aliphatic heterocycles. The Morgan fingerprint density at radius 2 is 2.07 bits per heavy atom. The molecule has 5 nitrogen and oxygen atoms in total. The molecule has 0 bridgehead atoms. The molecule has 1 aromatic heterocycles. The summed E-state index contributed by atoms with van der Waals surface area (Å²) in [5, 5.41) is 15.1. The van der Waals surface area contributed by atoms with Gasteiger partial charge in [-0.15, -0.1) is 11.3 Å². The molecule has 3 rings (SSSR count). The van der Waals surface area contributed by atoms with Gasteiger partial charge in [-0.1, -0.05) is 24.3 Å². The highest BCUT2D eigenvalue weighted by Crippen LogP contribution is 2.28. The van der Waals surface area contributed by atoms with Gasteiger partial charge in [0, 0.05) is 28.4 Å². The maximum Gasteiger partial charge on any atom is 0.159 e. The van der Waals surface area contributed by atoms with Gasteiger partial charge in [-0.25, -0.2) is 4.98 Å². The largest absolute Gasteiger partial charge is 0.497 e. The molecule has 134 valence electrons. The molecule has 0 amide bonds. The van der Waals surface area contributed by atoms with Crippen molar-refractivity contribution >= 4 is 28.4 Å². The van der Waals surface area contributed by atoms with Crippen LogP contribution in [0.3, 0.4) is 0 Å². The summed E-state index contributed by atoms with van der Waals surface area (Å²) in [5.74, 6) is 0.746. The topological polar surface area (TPSA) is 75.0 Å². The van der Waals surface area contributed by atoms with Crippen LogP contribution in [0, 0.1) is 11.3 Å². The zero-order valence-electron chi connectivity index (χ0n) is 14.9. The van der Waals surface area contributed by atoms with Crippen LogP contribution in [0.2, 0.25) is 0 Å². The number of ketones is 1. The monoisotopic (exact) mass is 375 g/mol. The van der Waals surface area contributed by atoms with Gasteiger partial charge in [-0.3, -0.25) is 4.79 Å². The van der Waals surface area contributed by atoms with Crippen LogP contribution in [-0.4, -0.2) is 17.9 Å². The van der Waals surface area contributed by atoms with E-state index in [9.17, 15) is 10.1 Å². The number of nitrogens with one attached hydrogen (secondary N) is 1. The first kappa shape index (κ1) is 18.4. The van der Waals surface area contributed by atoms with Crippen molar-refractivity contribution in [2.24, 2.45) is 0 Å². The molecule has 0 aliphatic carbocycles. The molecular formula is C21H17N3O2S. The molecule has 27 heavy (non-hydrogen) atoms. The maximum atomic E-state index is 11.5. The molecule has 3 aromatic rings. The summed E-state index contributed by atoms with van der Waals surface area (Å²) in [6.07, 6.45) is 1.60. The lowest BCUT2D eigenvalue weighted by molar-refractivity contribution is 0.101. The van der Waals surface area contributed by atoms with Crippen LogP contribution in [0.4, 0.5) is 5.69 Å². The van der Waals surface area contributed by atoms with Gasteiger partial charge < -0.3 is 10.1 Å². The molecule has 0 fully saturated rings. The number of Topliss-reactive ketones (excluding diaryl/α,β-unsaturated/α-hetero) is 1. The Morgan fingerprint density at radius 3 is 2.81 bits per heavy atom. The number of thiazole rings is 1. The minimum Gasteiger partial charge on any atom is -0.497 e. The Morgan fingerprint density at radius 1 is 1.26 bits per heavy atom. The van der Waals surface area contributed by atoms with Crippen molar-refractivity contribution in [1.29, 1.82) is 5.26 Å². The Balaban J connectivity index is 1.83. The molecule has 0 unspecified atom stereocenters. The van der Waals surface area contributed by atoms with Crippen LogP contribution < -0.4 is 10.1 Å². The minimum absolute atomic E-state index is 0.00834. The van der Waals surface area contributed by atoms with Gasteiger partial charge in [0.25, 0.3) is 0 Å². The fraction of sp³-hybridized carbons (Fsp3) is 0.0952. The summed E-state index contributed by atoms with van der Waals surface area (Å²) in [6.45, 7) is 1.52. The van der Waals surface area contributed by atoms with E-state index >= 15 is 0 Å². The van der Waals surface area contributed by atoms with Crippen molar-refractivity contribution in [3.63, 3.8) is 0 Å².